The molecule has 134 valence electrons. The summed E-state index contributed by atoms with van der Waals surface area (Å²) in [4.78, 5) is 12.6. The maximum atomic E-state index is 12.6. The maximum absolute atomic E-state index is 12.6. The predicted octanol–water partition coefficient (Wildman–Crippen LogP) is 4.24. The average Bonchev–Trinajstić information content (AvgIpc) is 2.52. The van der Waals surface area contributed by atoms with Gasteiger partial charge >= 0.3 is 5.97 Å². The van der Waals surface area contributed by atoms with Crippen molar-refractivity contribution in [2.75, 3.05) is 19.4 Å². The number of esters is 1. The van der Waals surface area contributed by atoms with Gasteiger partial charge in [-0.2, -0.15) is 0 Å². The summed E-state index contributed by atoms with van der Waals surface area (Å²) in [6, 6.07) is 4.56. The number of rotatable bonds is 4. The number of hydrogen-bond acceptors (Lipinski definition) is 4. The largest absolute Gasteiger partial charge is 0.456 e. The van der Waals surface area contributed by atoms with Crippen LogP contribution in [0.25, 0.3) is 0 Å². The lowest BCUT2D eigenvalue weighted by molar-refractivity contribution is 0.00705. The quantitative estimate of drug-likeness (QED) is 0.810. The van der Waals surface area contributed by atoms with Crippen LogP contribution in [0.5, 0.6) is 0 Å². The number of hydrogen-bond donors (Lipinski definition) is 2. The average molecular weight is 332 g/mol. The summed E-state index contributed by atoms with van der Waals surface area (Å²) < 4.78 is 5.59. The Kier molecular flexibility index (Phi) is 5.92. The van der Waals surface area contributed by atoms with Crippen molar-refractivity contribution in [3.05, 3.63) is 28.8 Å². The second-order valence-corrected chi connectivity index (χ2v) is 7.81. The lowest BCUT2D eigenvalue weighted by Gasteiger charge is -2.31. The first-order valence-corrected chi connectivity index (χ1v) is 8.98. The van der Waals surface area contributed by atoms with E-state index in [0.29, 0.717) is 17.5 Å². The summed E-state index contributed by atoms with van der Waals surface area (Å²) >= 11 is 0. The normalized spacial score (nSPS) is 21.4. The van der Waals surface area contributed by atoms with Gasteiger partial charge in [-0.3, -0.25) is 0 Å². The molecule has 0 aliphatic heterocycles. The van der Waals surface area contributed by atoms with Gasteiger partial charge in [-0.15, -0.1) is 0 Å². The Bertz CT molecular complexity index is 582. The van der Waals surface area contributed by atoms with Crippen LogP contribution in [0.3, 0.4) is 0 Å². The van der Waals surface area contributed by atoms with Crippen molar-refractivity contribution in [1.29, 1.82) is 0 Å². The van der Waals surface area contributed by atoms with Gasteiger partial charge < -0.3 is 15.4 Å². The second-order valence-electron chi connectivity index (χ2n) is 7.81. The first kappa shape index (κ1) is 18.8. The SMILES string of the molecule is CNc1c(C(=O)OC(C)(C)C)ccc(C)c1[C@H]1CC[C@@H](NC)CC1. The lowest BCUT2D eigenvalue weighted by atomic mass is 9.79. The fourth-order valence-corrected chi connectivity index (χ4v) is 3.69. The number of carbonyl (C=O) groups is 1. The van der Waals surface area contributed by atoms with Crippen LogP contribution in [0, 0.1) is 6.92 Å². The number of aryl methyl sites for hydroxylation is 1. The topological polar surface area (TPSA) is 50.4 Å². The smallest absolute Gasteiger partial charge is 0.340 e. The van der Waals surface area contributed by atoms with Crippen LogP contribution in [-0.4, -0.2) is 31.7 Å². The molecule has 0 saturated heterocycles. The number of carbonyl (C=O) groups excluding carboxylic acids is 1. The number of benzene rings is 1. The zero-order valence-corrected chi connectivity index (χ0v) is 16.0. The predicted molar refractivity (Wildman–Crippen MR) is 100.0 cm³/mol. The van der Waals surface area contributed by atoms with Gasteiger partial charge in [-0.05, 0) is 83.5 Å². The molecule has 1 aromatic rings. The second kappa shape index (κ2) is 7.56. The van der Waals surface area contributed by atoms with E-state index in [4.69, 9.17) is 4.74 Å². The summed E-state index contributed by atoms with van der Waals surface area (Å²) in [6.07, 6.45) is 4.67. The Morgan fingerprint density at radius 3 is 2.25 bits per heavy atom. The molecule has 1 aliphatic carbocycles. The molecule has 2 N–H and O–H groups in total. The molecule has 2 rings (SSSR count). The molecule has 0 atom stereocenters. The third-order valence-corrected chi connectivity index (χ3v) is 4.88. The molecular formula is C20H32N2O2. The Morgan fingerprint density at radius 1 is 1.12 bits per heavy atom. The summed E-state index contributed by atoms with van der Waals surface area (Å²) in [5.74, 6) is 0.247. The van der Waals surface area contributed by atoms with Crippen molar-refractivity contribution in [1.82, 2.24) is 5.32 Å². The molecule has 0 heterocycles. The number of anilines is 1. The molecule has 4 nitrogen and oxygen atoms in total. The first-order valence-electron chi connectivity index (χ1n) is 8.98. The fourth-order valence-electron chi connectivity index (χ4n) is 3.69. The molecule has 0 bridgehead atoms. The zero-order chi connectivity index (χ0) is 17.9. The van der Waals surface area contributed by atoms with Crippen LogP contribution < -0.4 is 10.6 Å². The fraction of sp³-hybridized carbons (Fsp3) is 0.650. The van der Waals surface area contributed by atoms with Gasteiger partial charge in [0.1, 0.15) is 5.60 Å². The summed E-state index contributed by atoms with van der Waals surface area (Å²) in [6.45, 7) is 7.84. The van der Waals surface area contributed by atoms with Gasteiger partial charge in [0.05, 0.1) is 11.3 Å². The highest BCUT2D eigenvalue weighted by molar-refractivity contribution is 5.97. The molecule has 1 aromatic carbocycles. The van der Waals surface area contributed by atoms with E-state index in [1.807, 2.05) is 40.9 Å². The van der Waals surface area contributed by atoms with Crippen LogP contribution in [0.4, 0.5) is 5.69 Å². The van der Waals surface area contributed by atoms with Gasteiger partial charge in [-0.25, -0.2) is 4.79 Å². The molecule has 0 radical (unpaired) electrons. The number of nitrogens with one attached hydrogen (secondary N) is 2. The molecule has 1 saturated carbocycles. The highest BCUT2D eigenvalue weighted by Crippen LogP contribution is 2.40. The van der Waals surface area contributed by atoms with Crippen molar-refractivity contribution < 1.29 is 9.53 Å². The minimum absolute atomic E-state index is 0.253. The van der Waals surface area contributed by atoms with E-state index >= 15 is 0 Å². The van der Waals surface area contributed by atoms with Crippen LogP contribution in [0.15, 0.2) is 12.1 Å². The molecule has 1 fully saturated rings. The van der Waals surface area contributed by atoms with E-state index in [0.717, 1.165) is 18.5 Å². The number of ether oxygens (including phenoxy) is 1. The monoisotopic (exact) mass is 332 g/mol. The Hall–Kier alpha value is -1.55. The minimum atomic E-state index is -0.488. The van der Waals surface area contributed by atoms with Crippen LogP contribution in [-0.2, 0) is 4.74 Å². The van der Waals surface area contributed by atoms with E-state index in [1.165, 1.54) is 24.0 Å². The van der Waals surface area contributed by atoms with Crippen molar-refractivity contribution in [2.24, 2.45) is 0 Å². The molecule has 0 spiro atoms. The minimum Gasteiger partial charge on any atom is -0.456 e. The van der Waals surface area contributed by atoms with Gasteiger partial charge in [-0.1, -0.05) is 6.07 Å². The maximum Gasteiger partial charge on any atom is 0.340 e. The van der Waals surface area contributed by atoms with E-state index in [1.54, 1.807) is 0 Å². The van der Waals surface area contributed by atoms with Crippen LogP contribution >= 0.6 is 0 Å². The molecular weight excluding hydrogens is 300 g/mol. The van der Waals surface area contributed by atoms with Crippen molar-refractivity contribution in [3.63, 3.8) is 0 Å². The summed E-state index contributed by atoms with van der Waals surface area (Å²) in [5.41, 5.74) is 3.63. The highest BCUT2D eigenvalue weighted by Gasteiger charge is 2.28. The van der Waals surface area contributed by atoms with Gasteiger partial charge in [0.2, 0.25) is 0 Å². The Morgan fingerprint density at radius 2 is 1.75 bits per heavy atom. The molecule has 24 heavy (non-hydrogen) atoms. The molecule has 4 heteroatoms. The van der Waals surface area contributed by atoms with E-state index in [9.17, 15) is 4.79 Å². The van der Waals surface area contributed by atoms with Gasteiger partial charge in [0, 0.05) is 13.1 Å². The van der Waals surface area contributed by atoms with Crippen LogP contribution in [0.2, 0.25) is 0 Å². The van der Waals surface area contributed by atoms with Gasteiger partial charge in [0.25, 0.3) is 0 Å². The highest BCUT2D eigenvalue weighted by atomic mass is 16.6. The van der Waals surface area contributed by atoms with Crippen molar-refractivity contribution >= 4 is 11.7 Å². The summed E-state index contributed by atoms with van der Waals surface area (Å²) in [7, 11) is 3.93. The molecule has 1 aliphatic rings. The summed E-state index contributed by atoms with van der Waals surface area (Å²) in [5, 5.41) is 6.66. The third kappa shape index (κ3) is 4.29. The van der Waals surface area contributed by atoms with Crippen molar-refractivity contribution in [2.45, 2.75) is 70.9 Å². The van der Waals surface area contributed by atoms with Crippen LogP contribution in [0.1, 0.15) is 73.9 Å². The third-order valence-electron chi connectivity index (χ3n) is 4.88. The van der Waals surface area contributed by atoms with Gasteiger partial charge in [0.15, 0.2) is 0 Å². The standard InChI is InChI=1S/C20H32N2O2/c1-13-7-12-16(19(23)24-20(2,3)4)18(22-6)17(13)14-8-10-15(21-5)11-9-14/h7,12,14-15,21-22H,8-11H2,1-6H3/t14-,15+. The van der Waals surface area contributed by atoms with Crippen molar-refractivity contribution in [3.8, 4) is 0 Å². The zero-order valence-electron chi connectivity index (χ0n) is 16.0. The lowest BCUT2D eigenvalue weighted by Crippen LogP contribution is -2.30. The first-order chi connectivity index (χ1) is 11.3. The van der Waals surface area contributed by atoms with E-state index in [2.05, 4.69) is 23.6 Å². The molecule has 0 unspecified atom stereocenters. The molecule has 0 aromatic heterocycles. The van der Waals surface area contributed by atoms with E-state index < -0.39 is 5.60 Å². The Balaban J connectivity index is 2.34. The van der Waals surface area contributed by atoms with E-state index in [-0.39, 0.29) is 5.97 Å². The molecule has 0 amide bonds. The Labute approximate surface area is 146 Å².